The van der Waals surface area contributed by atoms with E-state index >= 15 is 0 Å². The lowest BCUT2D eigenvalue weighted by atomic mass is 9.69. The van der Waals surface area contributed by atoms with Gasteiger partial charge >= 0.3 is 0 Å². The Balaban J connectivity index is 2.19. The molecular formula is C12H10Cl2N2O. The molecule has 1 N–H and O–H groups in total. The van der Waals surface area contributed by atoms with Crippen molar-refractivity contribution >= 4 is 34.8 Å². The van der Waals surface area contributed by atoms with Crippen LogP contribution < -0.4 is 5.32 Å². The minimum atomic E-state index is -0.883. The van der Waals surface area contributed by atoms with E-state index in [9.17, 15) is 4.79 Å². The highest BCUT2D eigenvalue weighted by atomic mass is 35.5. The van der Waals surface area contributed by atoms with Gasteiger partial charge in [0, 0.05) is 0 Å². The molecule has 3 nitrogen and oxygen atoms in total. The highest BCUT2D eigenvalue weighted by Gasteiger charge is 2.44. The lowest BCUT2D eigenvalue weighted by Crippen LogP contribution is -2.40. The standard InChI is InChI=1S/C12H10Cl2N2O/c13-8-3-1-4-9(10(8)14)16-11(17)12(7-15)5-2-6-12/h1,3-4H,2,5-6H2,(H,16,17). The lowest BCUT2D eigenvalue weighted by Gasteiger charge is -2.33. The van der Waals surface area contributed by atoms with Crippen LogP contribution in [0, 0.1) is 16.7 Å². The molecular weight excluding hydrogens is 259 g/mol. The Hall–Kier alpha value is -1.24. The van der Waals surface area contributed by atoms with Crippen LogP contribution in [-0.2, 0) is 4.79 Å². The van der Waals surface area contributed by atoms with Crippen molar-refractivity contribution in [3.8, 4) is 6.07 Å². The average molecular weight is 269 g/mol. The maximum absolute atomic E-state index is 12.0. The van der Waals surface area contributed by atoms with Gasteiger partial charge in [0.15, 0.2) is 0 Å². The Bertz CT molecular complexity index is 504. The van der Waals surface area contributed by atoms with Crippen LogP contribution in [0.5, 0.6) is 0 Å². The second kappa shape index (κ2) is 4.56. The second-order valence-electron chi connectivity index (χ2n) is 4.10. The summed E-state index contributed by atoms with van der Waals surface area (Å²) in [7, 11) is 0. The molecule has 1 aromatic carbocycles. The van der Waals surface area contributed by atoms with Crippen molar-refractivity contribution in [2.75, 3.05) is 5.32 Å². The molecule has 5 heteroatoms. The largest absolute Gasteiger partial charge is 0.323 e. The molecule has 1 aliphatic carbocycles. The number of nitrogens with one attached hydrogen (secondary N) is 1. The summed E-state index contributed by atoms with van der Waals surface area (Å²) in [5.41, 5.74) is -0.434. The van der Waals surface area contributed by atoms with E-state index in [1.165, 1.54) is 0 Å². The fourth-order valence-corrected chi connectivity index (χ4v) is 2.11. The van der Waals surface area contributed by atoms with E-state index < -0.39 is 5.41 Å². The van der Waals surface area contributed by atoms with Crippen molar-refractivity contribution in [1.29, 1.82) is 5.26 Å². The Morgan fingerprint density at radius 3 is 2.65 bits per heavy atom. The molecule has 0 saturated heterocycles. The monoisotopic (exact) mass is 268 g/mol. The molecule has 0 bridgehead atoms. The summed E-state index contributed by atoms with van der Waals surface area (Å²) < 4.78 is 0. The Morgan fingerprint density at radius 1 is 1.41 bits per heavy atom. The zero-order chi connectivity index (χ0) is 12.5. The van der Waals surface area contributed by atoms with Gasteiger partial charge in [-0.05, 0) is 31.4 Å². The van der Waals surface area contributed by atoms with Gasteiger partial charge in [-0.25, -0.2) is 0 Å². The van der Waals surface area contributed by atoms with Crippen LogP contribution in [0.25, 0.3) is 0 Å². The number of halogens is 2. The van der Waals surface area contributed by atoms with E-state index in [4.69, 9.17) is 28.5 Å². The fourth-order valence-electron chi connectivity index (χ4n) is 1.76. The number of carbonyl (C=O) groups excluding carboxylic acids is 1. The van der Waals surface area contributed by atoms with Crippen molar-refractivity contribution in [2.24, 2.45) is 5.41 Å². The normalized spacial score (nSPS) is 16.8. The maximum atomic E-state index is 12.0. The SMILES string of the molecule is N#CC1(C(=O)Nc2cccc(Cl)c2Cl)CCC1. The molecule has 1 aliphatic rings. The van der Waals surface area contributed by atoms with Gasteiger partial charge in [0.25, 0.3) is 0 Å². The average Bonchev–Trinajstić information content (AvgIpc) is 2.24. The third kappa shape index (κ3) is 2.11. The minimum Gasteiger partial charge on any atom is -0.323 e. The van der Waals surface area contributed by atoms with Crippen molar-refractivity contribution < 1.29 is 4.79 Å². The number of amides is 1. The van der Waals surface area contributed by atoms with Crippen LogP contribution in [0.1, 0.15) is 19.3 Å². The number of rotatable bonds is 2. The molecule has 1 aromatic rings. The summed E-state index contributed by atoms with van der Waals surface area (Å²) in [4.78, 5) is 12.0. The van der Waals surface area contributed by atoms with Crippen LogP contribution in [0.4, 0.5) is 5.69 Å². The van der Waals surface area contributed by atoms with Gasteiger partial charge in [-0.15, -0.1) is 0 Å². The molecule has 0 atom stereocenters. The summed E-state index contributed by atoms with van der Waals surface area (Å²) in [6.45, 7) is 0. The summed E-state index contributed by atoms with van der Waals surface area (Å²) in [5, 5.41) is 12.4. The number of benzene rings is 1. The van der Waals surface area contributed by atoms with Gasteiger partial charge in [0.1, 0.15) is 5.41 Å². The Kier molecular flexibility index (Phi) is 3.28. The second-order valence-corrected chi connectivity index (χ2v) is 4.89. The van der Waals surface area contributed by atoms with Gasteiger partial charge in [0.2, 0.25) is 5.91 Å². The van der Waals surface area contributed by atoms with Crippen LogP contribution in [0.15, 0.2) is 18.2 Å². The number of hydrogen-bond donors (Lipinski definition) is 1. The smallest absolute Gasteiger partial charge is 0.244 e. The van der Waals surface area contributed by atoms with Crippen molar-refractivity contribution in [2.45, 2.75) is 19.3 Å². The number of anilines is 1. The number of nitriles is 1. The summed E-state index contributed by atoms with van der Waals surface area (Å²) in [6, 6.07) is 7.08. The summed E-state index contributed by atoms with van der Waals surface area (Å²) in [6.07, 6.45) is 2.12. The van der Waals surface area contributed by atoms with Crippen LogP contribution in [0.3, 0.4) is 0 Å². The first-order valence-electron chi connectivity index (χ1n) is 5.26. The molecule has 88 valence electrons. The Labute approximate surface area is 109 Å². The molecule has 1 amide bonds. The predicted molar refractivity (Wildman–Crippen MR) is 67.0 cm³/mol. The van der Waals surface area contributed by atoms with Crippen LogP contribution >= 0.6 is 23.2 Å². The Morgan fingerprint density at radius 2 is 2.12 bits per heavy atom. The maximum Gasteiger partial charge on any atom is 0.244 e. The number of hydrogen-bond acceptors (Lipinski definition) is 2. The first-order valence-corrected chi connectivity index (χ1v) is 6.01. The predicted octanol–water partition coefficient (Wildman–Crippen LogP) is 3.63. The van der Waals surface area contributed by atoms with Crippen LogP contribution in [-0.4, -0.2) is 5.91 Å². The van der Waals surface area contributed by atoms with E-state index in [0.717, 1.165) is 6.42 Å². The molecule has 1 fully saturated rings. The third-order valence-corrected chi connectivity index (χ3v) is 3.87. The van der Waals surface area contributed by atoms with Gasteiger partial charge in [-0.2, -0.15) is 5.26 Å². The van der Waals surface area contributed by atoms with E-state index in [2.05, 4.69) is 11.4 Å². The first kappa shape index (κ1) is 12.2. The molecule has 1 saturated carbocycles. The number of carbonyl (C=O) groups is 1. The van der Waals surface area contributed by atoms with Crippen LogP contribution in [0.2, 0.25) is 10.0 Å². The molecule has 0 heterocycles. The van der Waals surface area contributed by atoms with Crippen molar-refractivity contribution in [3.05, 3.63) is 28.2 Å². The third-order valence-electron chi connectivity index (χ3n) is 3.06. The topological polar surface area (TPSA) is 52.9 Å². The van der Waals surface area contributed by atoms with Crippen molar-refractivity contribution in [3.63, 3.8) is 0 Å². The minimum absolute atomic E-state index is 0.296. The molecule has 0 aliphatic heterocycles. The molecule has 2 rings (SSSR count). The molecule has 0 aromatic heterocycles. The van der Waals surface area contributed by atoms with Gasteiger partial charge in [0.05, 0.1) is 21.8 Å². The highest BCUT2D eigenvalue weighted by molar-refractivity contribution is 6.44. The molecule has 17 heavy (non-hydrogen) atoms. The zero-order valence-electron chi connectivity index (χ0n) is 8.96. The zero-order valence-corrected chi connectivity index (χ0v) is 10.5. The summed E-state index contributed by atoms with van der Waals surface area (Å²) >= 11 is 11.8. The first-order chi connectivity index (χ1) is 8.09. The van der Waals surface area contributed by atoms with E-state index in [0.29, 0.717) is 28.6 Å². The van der Waals surface area contributed by atoms with Gasteiger partial charge in [-0.3, -0.25) is 4.79 Å². The quantitative estimate of drug-likeness (QED) is 0.891. The van der Waals surface area contributed by atoms with E-state index in [1.807, 2.05) is 0 Å². The van der Waals surface area contributed by atoms with Gasteiger partial charge in [-0.1, -0.05) is 29.3 Å². The van der Waals surface area contributed by atoms with Gasteiger partial charge < -0.3 is 5.32 Å². The highest BCUT2D eigenvalue weighted by Crippen LogP contribution is 2.41. The summed E-state index contributed by atoms with van der Waals surface area (Å²) in [5.74, 6) is -0.296. The number of nitrogens with zero attached hydrogens (tertiary/aromatic N) is 1. The van der Waals surface area contributed by atoms with E-state index in [1.54, 1.807) is 18.2 Å². The van der Waals surface area contributed by atoms with E-state index in [-0.39, 0.29) is 5.91 Å². The molecule has 0 spiro atoms. The molecule has 0 radical (unpaired) electrons. The fraction of sp³-hybridized carbons (Fsp3) is 0.333. The van der Waals surface area contributed by atoms with Crippen molar-refractivity contribution in [1.82, 2.24) is 0 Å². The molecule has 0 unspecified atom stereocenters. The lowest BCUT2D eigenvalue weighted by molar-refractivity contribution is -0.126.